The molecule has 2 nitrogen and oxygen atoms in total. The second-order valence-electron chi connectivity index (χ2n) is 8.44. The third kappa shape index (κ3) is 4.60. The molecule has 0 N–H and O–H groups in total. The van der Waals surface area contributed by atoms with Crippen LogP contribution in [0.2, 0.25) is 5.02 Å². The predicted molar refractivity (Wildman–Crippen MR) is 115 cm³/mol. The molecular weight excluding hydrogens is 366 g/mol. The summed E-state index contributed by atoms with van der Waals surface area (Å²) in [5.41, 5.74) is 3.90. The highest BCUT2D eigenvalue weighted by Gasteiger charge is 2.29. The van der Waals surface area contributed by atoms with Crippen LogP contribution in [0.5, 0.6) is 0 Å². The van der Waals surface area contributed by atoms with Crippen LogP contribution in [0, 0.1) is 5.92 Å². The van der Waals surface area contributed by atoms with Gasteiger partial charge in [0.1, 0.15) is 0 Å². The summed E-state index contributed by atoms with van der Waals surface area (Å²) < 4.78 is 0. The number of hydrogen-bond donors (Lipinski definition) is 0. The van der Waals surface area contributed by atoms with Gasteiger partial charge in [-0.1, -0.05) is 73.7 Å². The van der Waals surface area contributed by atoms with Crippen LogP contribution in [0.4, 0.5) is 0 Å². The zero-order valence-electron chi connectivity index (χ0n) is 16.6. The average molecular weight is 396 g/mol. The molecule has 2 aliphatic rings. The zero-order valence-corrected chi connectivity index (χ0v) is 17.3. The van der Waals surface area contributed by atoms with Gasteiger partial charge in [0.25, 0.3) is 0 Å². The number of hydrogen-bond acceptors (Lipinski definition) is 1. The lowest BCUT2D eigenvalue weighted by Gasteiger charge is -2.36. The molecule has 0 spiro atoms. The Morgan fingerprint density at radius 2 is 1.71 bits per heavy atom. The van der Waals surface area contributed by atoms with Gasteiger partial charge in [0.05, 0.1) is 6.04 Å². The summed E-state index contributed by atoms with van der Waals surface area (Å²) in [5, 5.41) is 0.742. The van der Waals surface area contributed by atoms with E-state index in [1.807, 2.05) is 24.3 Å². The zero-order chi connectivity index (χ0) is 19.3. The first-order valence-electron chi connectivity index (χ1n) is 10.8. The summed E-state index contributed by atoms with van der Waals surface area (Å²) in [7, 11) is 0. The van der Waals surface area contributed by atoms with Gasteiger partial charge in [-0.3, -0.25) is 4.79 Å². The largest absolute Gasteiger partial charge is 0.331 e. The Morgan fingerprint density at radius 1 is 0.964 bits per heavy atom. The smallest absolute Gasteiger partial charge is 0.223 e. The fourth-order valence-corrected chi connectivity index (χ4v) is 5.11. The molecule has 28 heavy (non-hydrogen) atoms. The molecule has 4 rings (SSSR count). The second kappa shape index (κ2) is 9.13. The van der Waals surface area contributed by atoms with Crippen molar-refractivity contribution >= 4 is 17.5 Å². The van der Waals surface area contributed by atoms with Gasteiger partial charge >= 0.3 is 0 Å². The van der Waals surface area contributed by atoms with Crippen molar-refractivity contribution in [1.29, 1.82) is 0 Å². The lowest BCUT2D eigenvalue weighted by Crippen LogP contribution is -2.36. The maximum absolute atomic E-state index is 13.4. The van der Waals surface area contributed by atoms with E-state index < -0.39 is 0 Å². The Bertz CT molecular complexity index is 794. The van der Waals surface area contributed by atoms with Gasteiger partial charge in [-0.2, -0.15) is 0 Å². The molecule has 0 heterocycles. The highest BCUT2D eigenvalue weighted by atomic mass is 35.5. The van der Waals surface area contributed by atoms with E-state index in [0.29, 0.717) is 18.9 Å². The van der Waals surface area contributed by atoms with Crippen LogP contribution in [-0.4, -0.2) is 10.8 Å². The minimum Gasteiger partial charge on any atom is -0.331 e. The summed E-state index contributed by atoms with van der Waals surface area (Å²) in [6.45, 7) is 0.666. The number of aryl methyl sites for hydroxylation is 1. The Kier molecular flexibility index (Phi) is 6.36. The maximum atomic E-state index is 13.4. The molecule has 2 aromatic rings. The van der Waals surface area contributed by atoms with Crippen molar-refractivity contribution in [2.75, 3.05) is 0 Å². The van der Waals surface area contributed by atoms with E-state index in [2.05, 4.69) is 29.2 Å². The van der Waals surface area contributed by atoms with E-state index in [1.54, 1.807) is 0 Å². The molecule has 0 radical (unpaired) electrons. The molecule has 0 bridgehead atoms. The van der Waals surface area contributed by atoms with E-state index in [9.17, 15) is 4.79 Å². The molecule has 3 heteroatoms. The molecule has 0 aliphatic heterocycles. The molecule has 0 aromatic heterocycles. The van der Waals surface area contributed by atoms with Crippen LogP contribution < -0.4 is 0 Å². The number of carbonyl (C=O) groups is 1. The number of fused-ring (bicyclic) bond motifs is 1. The van der Waals surface area contributed by atoms with Crippen molar-refractivity contribution in [3.63, 3.8) is 0 Å². The van der Waals surface area contributed by atoms with Crippen LogP contribution in [0.15, 0.2) is 48.5 Å². The lowest BCUT2D eigenvalue weighted by molar-refractivity contribution is -0.135. The van der Waals surface area contributed by atoms with Gasteiger partial charge in [-0.15, -0.1) is 0 Å². The first-order chi connectivity index (χ1) is 13.7. The molecule has 2 aliphatic carbocycles. The number of carbonyl (C=O) groups excluding carboxylic acids is 1. The fraction of sp³-hybridized carbons (Fsp3) is 0.480. The van der Waals surface area contributed by atoms with Gasteiger partial charge < -0.3 is 4.90 Å². The molecule has 1 saturated carbocycles. The number of rotatable bonds is 6. The number of benzene rings is 2. The molecule has 2 aromatic carbocycles. The highest BCUT2D eigenvalue weighted by Crippen LogP contribution is 2.36. The van der Waals surface area contributed by atoms with Crippen molar-refractivity contribution in [1.82, 2.24) is 4.90 Å². The predicted octanol–water partition coefficient (Wildman–Crippen LogP) is 6.72. The normalized spacial score (nSPS) is 19.4. The Morgan fingerprint density at radius 3 is 2.50 bits per heavy atom. The van der Waals surface area contributed by atoms with Crippen molar-refractivity contribution in [3.05, 3.63) is 70.2 Å². The summed E-state index contributed by atoms with van der Waals surface area (Å²) in [6.07, 6.45) is 10.3. The molecule has 1 fully saturated rings. The van der Waals surface area contributed by atoms with Gasteiger partial charge in [0, 0.05) is 18.0 Å². The van der Waals surface area contributed by atoms with Crippen LogP contribution >= 0.6 is 11.6 Å². The van der Waals surface area contributed by atoms with Gasteiger partial charge in [0.2, 0.25) is 5.91 Å². The average Bonchev–Trinajstić information content (AvgIpc) is 3.25. The molecule has 0 saturated heterocycles. The van der Waals surface area contributed by atoms with E-state index in [-0.39, 0.29) is 6.04 Å². The Balaban J connectivity index is 1.55. The summed E-state index contributed by atoms with van der Waals surface area (Å²) >= 11 is 6.07. The highest BCUT2D eigenvalue weighted by molar-refractivity contribution is 6.30. The first kappa shape index (κ1) is 19.5. The quantitative estimate of drug-likeness (QED) is 0.531. The fourth-order valence-electron chi connectivity index (χ4n) is 4.98. The molecule has 1 atom stereocenters. The Hall–Kier alpha value is -1.80. The lowest BCUT2D eigenvalue weighted by atomic mass is 9.86. The van der Waals surface area contributed by atoms with Gasteiger partial charge in [-0.05, 0) is 60.4 Å². The topological polar surface area (TPSA) is 20.3 Å². The van der Waals surface area contributed by atoms with Crippen LogP contribution in [0.1, 0.15) is 74.1 Å². The van der Waals surface area contributed by atoms with E-state index in [1.165, 1.54) is 36.8 Å². The first-order valence-corrected chi connectivity index (χ1v) is 11.2. The van der Waals surface area contributed by atoms with Crippen molar-refractivity contribution in [3.8, 4) is 0 Å². The van der Waals surface area contributed by atoms with Crippen LogP contribution in [0.3, 0.4) is 0 Å². The molecule has 1 amide bonds. The molecule has 1 unspecified atom stereocenters. The van der Waals surface area contributed by atoms with Gasteiger partial charge in [-0.25, -0.2) is 0 Å². The van der Waals surface area contributed by atoms with E-state index in [0.717, 1.165) is 42.2 Å². The second-order valence-corrected chi connectivity index (χ2v) is 8.88. The van der Waals surface area contributed by atoms with Crippen molar-refractivity contribution < 1.29 is 4.79 Å². The summed E-state index contributed by atoms with van der Waals surface area (Å²) in [4.78, 5) is 15.5. The van der Waals surface area contributed by atoms with Gasteiger partial charge in [0.15, 0.2) is 0 Å². The number of nitrogens with zero attached hydrogens (tertiary/aromatic N) is 1. The molecule has 148 valence electrons. The van der Waals surface area contributed by atoms with E-state index in [4.69, 9.17) is 11.6 Å². The number of halogens is 1. The SMILES string of the molecule is O=C(CCC1CCCC1)N(Cc1ccc(Cl)cc1)C1CCCc2ccccc21. The minimum atomic E-state index is 0.191. The van der Waals surface area contributed by atoms with Crippen LogP contribution in [-0.2, 0) is 17.8 Å². The van der Waals surface area contributed by atoms with Crippen molar-refractivity contribution in [2.24, 2.45) is 5.92 Å². The third-order valence-corrected chi connectivity index (χ3v) is 6.79. The third-order valence-electron chi connectivity index (χ3n) is 6.54. The monoisotopic (exact) mass is 395 g/mol. The maximum Gasteiger partial charge on any atom is 0.223 e. The standard InChI is InChI=1S/C25H30ClNO/c26-22-15-12-20(13-16-22)18-27(25(28)17-14-19-6-1-2-7-19)24-11-5-9-21-8-3-4-10-23(21)24/h3-4,8,10,12-13,15-16,19,24H,1-2,5-7,9,11,14,17-18H2. The summed E-state index contributed by atoms with van der Waals surface area (Å²) in [6, 6.07) is 16.8. The van der Waals surface area contributed by atoms with Crippen molar-refractivity contribution in [2.45, 2.75) is 70.4 Å². The molecular formula is C25H30ClNO. The van der Waals surface area contributed by atoms with Crippen LogP contribution in [0.25, 0.3) is 0 Å². The Labute approximate surface area is 173 Å². The number of amides is 1. The minimum absolute atomic E-state index is 0.191. The summed E-state index contributed by atoms with van der Waals surface area (Å²) in [5.74, 6) is 1.06. The van der Waals surface area contributed by atoms with E-state index >= 15 is 0 Å².